The van der Waals surface area contributed by atoms with Crippen LogP contribution in [0.1, 0.15) is 5.76 Å². The molecule has 1 amide bonds. The van der Waals surface area contributed by atoms with Crippen molar-refractivity contribution in [1.82, 2.24) is 19.7 Å². The van der Waals surface area contributed by atoms with E-state index in [0.717, 1.165) is 26.5 Å². The second-order valence-electron chi connectivity index (χ2n) is 6.88. The summed E-state index contributed by atoms with van der Waals surface area (Å²) in [5.41, 5.74) is 7.79. The third-order valence-electron chi connectivity index (χ3n) is 4.71. The Labute approximate surface area is 191 Å². The quantitative estimate of drug-likeness (QED) is 0.342. The number of pyridine rings is 1. The number of nitrogens with two attached hydrogens (primary N) is 1. The Morgan fingerprint density at radius 1 is 1.12 bits per heavy atom. The summed E-state index contributed by atoms with van der Waals surface area (Å²) in [6.07, 6.45) is 3.36. The summed E-state index contributed by atoms with van der Waals surface area (Å²) in [5, 5.41) is 13.1. The highest BCUT2D eigenvalue weighted by Gasteiger charge is 2.22. The first-order valence-corrected chi connectivity index (χ1v) is 11.6. The molecule has 4 aromatic heterocycles. The van der Waals surface area contributed by atoms with Crippen LogP contribution in [0.4, 0.5) is 11.4 Å². The molecular weight excluding hydrogens is 444 g/mol. The number of thioether (sulfide) groups is 1. The molecule has 1 aromatic carbocycles. The topological polar surface area (TPSA) is 112 Å². The number of carbonyl (C=O) groups excluding carboxylic acids is 1. The number of anilines is 2. The molecule has 0 saturated heterocycles. The first-order valence-electron chi connectivity index (χ1n) is 9.75. The van der Waals surface area contributed by atoms with Gasteiger partial charge in [0.1, 0.15) is 10.6 Å². The lowest BCUT2D eigenvalue weighted by atomic mass is 10.2. The number of para-hydroxylation sites is 1. The highest BCUT2D eigenvalue weighted by molar-refractivity contribution is 7.99. The van der Waals surface area contributed by atoms with Crippen molar-refractivity contribution in [2.24, 2.45) is 0 Å². The summed E-state index contributed by atoms with van der Waals surface area (Å²) in [6.45, 7) is 0.416. The maximum atomic E-state index is 12.4. The van der Waals surface area contributed by atoms with Crippen LogP contribution < -0.4 is 11.1 Å². The molecule has 160 valence electrons. The van der Waals surface area contributed by atoms with E-state index in [0.29, 0.717) is 23.2 Å². The van der Waals surface area contributed by atoms with Gasteiger partial charge in [0.05, 0.1) is 29.1 Å². The van der Waals surface area contributed by atoms with Gasteiger partial charge in [-0.2, -0.15) is 0 Å². The molecule has 0 aliphatic carbocycles. The molecular formula is C22H18N6O2S2. The summed E-state index contributed by atoms with van der Waals surface area (Å²) >= 11 is 2.77. The number of benzene rings is 1. The smallest absolute Gasteiger partial charge is 0.234 e. The van der Waals surface area contributed by atoms with Crippen molar-refractivity contribution < 1.29 is 9.21 Å². The molecule has 0 unspecified atom stereocenters. The predicted molar refractivity (Wildman–Crippen MR) is 127 cm³/mol. The van der Waals surface area contributed by atoms with Gasteiger partial charge in [-0.25, -0.2) is 4.98 Å². The van der Waals surface area contributed by atoms with E-state index in [-0.39, 0.29) is 11.7 Å². The number of hydrogen-bond donors (Lipinski definition) is 2. The van der Waals surface area contributed by atoms with Gasteiger partial charge < -0.3 is 15.5 Å². The Balaban J connectivity index is 1.44. The molecule has 0 spiro atoms. The zero-order valence-electron chi connectivity index (χ0n) is 16.8. The number of nitrogen functional groups attached to an aromatic ring is 1. The summed E-state index contributed by atoms with van der Waals surface area (Å²) in [4.78, 5) is 18.5. The van der Waals surface area contributed by atoms with Crippen molar-refractivity contribution in [3.8, 4) is 10.7 Å². The lowest BCUT2D eigenvalue weighted by molar-refractivity contribution is -0.113. The molecule has 0 aliphatic heterocycles. The molecule has 5 rings (SSSR count). The minimum absolute atomic E-state index is 0.124. The summed E-state index contributed by atoms with van der Waals surface area (Å²) in [5.74, 6) is 1.43. The summed E-state index contributed by atoms with van der Waals surface area (Å²) < 4.78 is 7.46. The molecule has 0 atom stereocenters. The van der Waals surface area contributed by atoms with Gasteiger partial charge in [0, 0.05) is 17.3 Å². The maximum absolute atomic E-state index is 12.4. The third kappa shape index (κ3) is 4.10. The van der Waals surface area contributed by atoms with Crippen molar-refractivity contribution in [3.05, 3.63) is 72.8 Å². The van der Waals surface area contributed by atoms with Gasteiger partial charge >= 0.3 is 0 Å². The maximum Gasteiger partial charge on any atom is 0.234 e. The Kier molecular flexibility index (Phi) is 5.61. The Morgan fingerprint density at radius 2 is 2.00 bits per heavy atom. The zero-order chi connectivity index (χ0) is 21.9. The SMILES string of the molecule is Nc1c(-c2nnc(SCC(=O)Nc3ccccc3)n2Cc2ccco2)sc2ncccc12. The number of hydrogen-bond acceptors (Lipinski definition) is 8. The van der Waals surface area contributed by atoms with Gasteiger partial charge in [0.25, 0.3) is 0 Å². The Hall–Kier alpha value is -3.63. The van der Waals surface area contributed by atoms with Gasteiger partial charge in [-0.15, -0.1) is 21.5 Å². The van der Waals surface area contributed by atoms with E-state index >= 15 is 0 Å². The van der Waals surface area contributed by atoms with Crippen LogP contribution in [0, 0.1) is 0 Å². The lowest BCUT2D eigenvalue weighted by Gasteiger charge is -2.09. The van der Waals surface area contributed by atoms with Crippen LogP contribution in [0.5, 0.6) is 0 Å². The number of nitrogens with zero attached hydrogens (tertiary/aromatic N) is 4. The fourth-order valence-electron chi connectivity index (χ4n) is 3.23. The zero-order valence-corrected chi connectivity index (χ0v) is 18.4. The first kappa shape index (κ1) is 20.3. The number of rotatable bonds is 7. The Morgan fingerprint density at radius 3 is 2.78 bits per heavy atom. The molecule has 0 aliphatic rings. The molecule has 5 aromatic rings. The summed E-state index contributed by atoms with van der Waals surface area (Å²) in [7, 11) is 0. The van der Waals surface area contributed by atoms with Crippen LogP contribution in [0.15, 0.2) is 76.6 Å². The van der Waals surface area contributed by atoms with E-state index < -0.39 is 0 Å². The van der Waals surface area contributed by atoms with Crippen molar-refractivity contribution in [2.45, 2.75) is 11.7 Å². The fraction of sp³-hybridized carbons (Fsp3) is 0.0909. The highest BCUT2D eigenvalue weighted by atomic mass is 32.2. The van der Waals surface area contributed by atoms with Gasteiger partial charge in [0.2, 0.25) is 5.91 Å². The number of carbonyl (C=O) groups is 1. The van der Waals surface area contributed by atoms with Gasteiger partial charge in [-0.1, -0.05) is 30.0 Å². The van der Waals surface area contributed by atoms with Crippen molar-refractivity contribution in [2.75, 3.05) is 16.8 Å². The molecule has 10 heteroatoms. The molecule has 3 N–H and O–H groups in total. The van der Waals surface area contributed by atoms with Crippen LogP contribution in [0.25, 0.3) is 20.9 Å². The van der Waals surface area contributed by atoms with Crippen LogP contribution in [0.2, 0.25) is 0 Å². The first-order chi connectivity index (χ1) is 15.7. The van der Waals surface area contributed by atoms with E-state index in [1.807, 2.05) is 59.2 Å². The van der Waals surface area contributed by atoms with Crippen molar-refractivity contribution >= 4 is 50.6 Å². The van der Waals surface area contributed by atoms with Crippen LogP contribution in [0.3, 0.4) is 0 Å². The van der Waals surface area contributed by atoms with E-state index in [2.05, 4.69) is 20.5 Å². The van der Waals surface area contributed by atoms with Crippen molar-refractivity contribution in [3.63, 3.8) is 0 Å². The van der Waals surface area contributed by atoms with E-state index in [1.54, 1.807) is 12.5 Å². The number of thiophene rings is 1. The second-order valence-corrected chi connectivity index (χ2v) is 8.82. The average molecular weight is 463 g/mol. The minimum atomic E-state index is -0.124. The third-order valence-corrected chi connectivity index (χ3v) is 6.80. The van der Waals surface area contributed by atoms with Crippen LogP contribution in [-0.4, -0.2) is 31.4 Å². The molecule has 4 heterocycles. The number of aromatic nitrogens is 4. The number of fused-ring (bicyclic) bond motifs is 1. The number of furan rings is 1. The largest absolute Gasteiger partial charge is 0.467 e. The van der Waals surface area contributed by atoms with E-state index in [4.69, 9.17) is 10.2 Å². The van der Waals surface area contributed by atoms with E-state index in [1.165, 1.54) is 23.1 Å². The molecule has 32 heavy (non-hydrogen) atoms. The summed E-state index contributed by atoms with van der Waals surface area (Å²) in [6, 6.07) is 16.9. The molecule has 0 radical (unpaired) electrons. The molecule has 0 bridgehead atoms. The van der Waals surface area contributed by atoms with Gasteiger partial charge in [0.15, 0.2) is 11.0 Å². The normalized spacial score (nSPS) is 11.1. The average Bonchev–Trinajstić information content (AvgIpc) is 3.54. The second kappa shape index (κ2) is 8.85. The van der Waals surface area contributed by atoms with Crippen LogP contribution >= 0.6 is 23.1 Å². The van der Waals surface area contributed by atoms with Crippen molar-refractivity contribution in [1.29, 1.82) is 0 Å². The highest BCUT2D eigenvalue weighted by Crippen LogP contribution is 2.40. The van der Waals surface area contributed by atoms with Gasteiger partial charge in [-0.3, -0.25) is 9.36 Å². The molecule has 0 saturated carbocycles. The van der Waals surface area contributed by atoms with Crippen LogP contribution in [-0.2, 0) is 11.3 Å². The standard InChI is InChI=1S/C22H18N6O2S2/c23-18-16-9-4-10-24-21(16)32-19(18)20-26-27-22(28(20)12-15-8-5-11-30-15)31-13-17(29)25-14-6-2-1-3-7-14/h1-11H,12-13,23H2,(H,25,29). The number of nitrogens with one attached hydrogen (secondary N) is 1. The predicted octanol–water partition coefficient (Wildman–Crippen LogP) is 4.51. The number of amides is 1. The minimum Gasteiger partial charge on any atom is -0.467 e. The van der Waals surface area contributed by atoms with E-state index in [9.17, 15) is 4.79 Å². The Bertz CT molecular complexity index is 1360. The molecule has 8 nitrogen and oxygen atoms in total. The fourth-order valence-corrected chi connectivity index (χ4v) is 5.03. The van der Waals surface area contributed by atoms with Gasteiger partial charge in [-0.05, 0) is 36.4 Å². The monoisotopic (exact) mass is 462 g/mol. The lowest BCUT2D eigenvalue weighted by Crippen LogP contribution is -2.14. The molecule has 0 fully saturated rings.